The molecule has 16 heavy (non-hydrogen) atoms. The van der Waals surface area contributed by atoms with Crippen LogP contribution in [0.15, 0.2) is 12.1 Å². The summed E-state index contributed by atoms with van der Waals surface area (Å²) in [5.74, 6) is -0.863. The molecule has 88 valence electrons. The van der Waals surface area contributed by atoms with Crippen LogP contribution in [0.1, 0.15) is 24.8 Å². The smallest absolute Gasteiger partial charge is 0.303 e. The van der Waals surface area contributed by atoms with E-state index in [4.69, 9.17) is 21.4 Å². The summed E-state index contributed by atoms with van der Waals surface area (Å²) in [7, 11) is 1.44. The Morgan fingerprint density at radius 1 is 1.56 bits per heavy atom. The maximum absolute atomic E-state index is 10.6. The predicted octanol–water partition coefficient (Wildman–Crippen LogP) is 2.63. The number of hydrogen-bond acceptors (Lipinski definition) is 3. The summed E-state index contributed by atoms with van der Waals surface area (Å²) >= 11 is 5.78. The van der Waals surface area contributed by atoms with E-state index >= 15 is 0 Å². The van der Waals surface area contributed by atoms with Crippen molar-refractivity contribution in [2.24, 2.45) is 0 Å². The van der Waals surface area contributed by atoms with Crippen molar-refractivity contribution >= 4 is 17.6 Å². The van der Waals surface area contributed by atoms with Crippen LogP contribution in [0.2, 0.25) is 5.02 Å². The molecule has 0 heterocycles. The quantitative estimate of drug-likeness (QED) is 0.855. The summed E-state index contributed by atoms with van der Waals surface area (Å²) < 4.78 is 4.98. The van der Waals surface area contributed by atoms with Gasteiger partial charge in [0.15, 0.2) is 0 Å². The Labute approximate surface area is 98.4 Å². The lowest BCUT2D eigenvalue weighted by molar-refractivity contribution is -0.137. The maximum Gasteiger partial charge on any atom is 0.303 e. The number of rotatable bonds is 4. The van der Waals surface area contributed by atoms with Gasteiger partial charge in [-0.1, -0.05) is 18.5 Å². The molecule has 0 spiro atoms. The summed E-state index contributed by atoms with van der Waals surface area (Å²) in [5, 5.41) is 18.3. The van der Waals surface area contributed by atoms with Crippen LogP contribution in [-0.2, 0) is 4.79 Å². The van der Waals surface area contributed by atoms with E-state index in [9.17, 15) is 9.90 Å². The summed E-state index contributed by atoms with van der Waals surface area (Å²) in [6.07, 6.45) is -0.00970. The minimum atomic E-state index is -0.888. The number of benzene rings is 1. The molecule has 0 aromatic heterocycles. The fraction of sp³-hybridized carbons (Fsp3) is 0.364. The van der Waals surface area contributed by atoms with Crippen LogP contribution in [0, 0.1) is 0 Å². The van der Waals surface area contributed by atoms with Crippen molar-refractivity contribution in [3.63, 3.8) is 0 Å². The molecule has 2 N–H and O–H groups in total. The molecule has 0 amide bonds. The van der Waals surface area contributed by atoms with Gasteiger partial charge in [-0.3, -0.25) is 4.79 Å². The van der Waals surface area contributed by atoms with Crippen LogP contribution in [0.3, 0.4) is 0 Å². The third-order valence-electron chi connectivity index (χ3n) is 2.31. The van der Waals surface area contributed by atoms with E-state index in [-0.39, 0.29) is 23.1 Å². The molecule has 5 heteroatoms. The van der Waals surface area contributed by atoms with Gasteiger partial charge in [0.2, 0.25) is 0 Å². The predicted molar refractivity (Wildman–Crippen MR) is 60.3 cm³/mol. The van der Waals surface area contributed by atoms with E-state index in [1.54, 1.807) is 13.0 Å². The maximum atomic E-state index is 10.6. The van der Waals surface area contributed by atoms with Crippen LogP contribution >= 0.6 is 11.6 Å². The molecule has 0 saturated heterocycles. The summed E-state index contributed by atoms with van der Waals surface area (Å²) in [5.41, 5.74) is 0.682. The number of carboxylic acids is 1. The van der Waals surface area contributed by atoms with Crippen molar-refractivity contribution in [2.45, 2.75) is 19.3 Å². The number of carbonyl (C=O) groups is 1. The Hall–Kier alpha value is -1.42. The molecule has 0 radical (unpaired) electrons. The number of ether oxygens (including phenoxy) is 1. The highest BCUT2D eigenvalue weighted by molar-refractivity contribution is 6.33. The van der Waals surface area contributed by atoms with Gasteiger partial charge in [-0.05, 0) is 23.6 Å². The molecule has 4 nitrogen and oxygen atoms in total. The largest absolute Gasteiger partial charge is 0.506 e. The molecule has 0 aliphatic heterocycles. The van der Waals surface area contributed by atoms with E-state index in [2.05, 4.69) is 0 Å². The Morgan fingerprint density at radius 3 is 2.69 bits per heavy atom. The molecule has 0 aliphatic carbocycles. The van der Waals surface area contributed by atoms with Gasteiger partial charge in [0, 0.05) is 0 Å². The van der Waals surface area contributed by atoms with E-state index in [1.165, 1.54) is 13.2 Å². The van der Waals surface area contributed by atoms with Crippen molar-refractivity contribution in [3.05, 3.63) is 22.7 Å². The SMILES string of the molecule is COc1cc(C(C)CC(=O)O)cc(O)c1Cl. The highest BCUT2D eigenvalue weighted by Gasteiger charge is 2.15. The second kappa shape index (κ2) is 5.07. The standard InChI is InChI=1S/C11H13ClO4/c1-6(3-10(14)15)7-4-8(13)11(12)9(5-7)16-2/h4-6,13H,3H2,1-2H3,(H,14,15). The lowest BCUT2D eigenvalue weighted by Crippen LogP contribution is -2.03. The minimum absolute atomic E-state index is 0.00970. The van der Waals surface area contributed by atoms with Gasteiger partial charge in [-0.25, -0.2) is 0 Å². The number of aromatic hydroxyl groups is 1. The number of carboxylic acid groups (broad SMARTS) is 1. The van der Waals surface area contributed by atoms with Crippen LogP contribution < -0.4 is 4.74 Å². The van der Waals surface area contributed by atoms with Gasteiger partial charge in [0.1, 0.15) is 16.5 Å². The first-order valence-corrected chi connectivity index (χ1v) is 5.11. The average molecular weight is 245 g/mol. The molecule has 1 aromatic rings. The highest BCUT2D eigenvalue weighted by atomic mass is 35.5. The van der Waals surface area contributed by atoms with Gasteiger partial charge >= 0.3 is 5.97 Å². The third kappa shape index (κ3) is 2.79. The van der Waals surface area contributed by atoms with Crippen molar-refractivity contribution in [3.8, 4) is 11.5 Å². The van der Waals surface area contributed by atoms with Crippen molar-refractivity contribution in [2.75, 3.05) is 7.11 Å². The summed E-state index contributed by atoms with van der Waals surface area (Å²) in [6.45, 7) is 1.76. The first-order chi connectivity index (χ1) is 7.45. The molecule has 1 atom stereocenters. The van der Waals surface area contributed by atoms with E-state index in [0.717, 1.165) is 0 Å². The molecule has 1 aromatic carbocycles. The first kappa shape index (κ1) is 12.6. The van der Waals surface area contributed by atoms with E-state index in [0.29, 0.717) is 11.3 Å². The monoisotopic (exact) mass is 244 g/mol. The molecular weight excluding hydrogens is 232 g/mol. The Bertz CT molecular complexity index is 403. The fourth-order valence-corrected chi connectivity index (χ4v) is 1.60. The van der Waals surface area contributed by atoms with Crippen molar-refractivity contribution in [1.82, 2.24) is 0 Å². The average Bonchev–Trinajstić information content (AvgIpc) is 2.20. The second-order valence-corrected chi connectivity index (χ2v) is 3.93. The fourth-order valence-electron chi connectivity index (χ4n) is 1.42. The topological polar surface area (TPSA) is 66.8 Å². The zero-order valence-electron chi connectivity index (χ0n) is 9.03. The number of methoxy groups -OCH3 is 1. The van der Waals surface area contributed by atoms with Gasteiger partial charge < -0.3 is 14.9 Å². The van der Waals surface area contributed by atoms with E-state index < -0.39 is 5.97 Å². The zero-order valence-corrected chi connectivity index (χ0v) is 9.78. The second-order valence-electron chi connectivity index (χ2n) is 3.56. The Morgan fingerprint density at radius 2 is 2.19 bits per heavy atom. The van der Waals surface area contributed by atoms with Crippen LogP contribution in [0.25, 0.3) is 0 Å². The van der Waals surface area contributed by atoms with Crippen LogP contribution in [0.5, 0.6) is 11.5 Å². The summed E-state index contributed by atoms with van der Waals surface area (Å²) in [6, 6.07) is 3.09. The number of hydrogen-bond donors (Lipinski definition) is 2. The zero-order chi connectivity index (χ0) is 12.3. The highest BCUT2D eigenvalue weighted by Crippen LogP contribution is 2.37. The minimum Gasteiger partial charge on any atom is -0.506 e. The normalized spacial score (nSPS) is 12.2. The van der Waals surface area contributed by atoms with Crippen LogP contribution in [-0.4, -0.2) is 23.3 Å². The lowest BCUT2D eigenvalue weighted by Gasteiger charge is -2.13. The first-order valence-electron chi connectivity index (χ1n) is 4.74. The molecule has 1 rings (SSSR count). The molecular formula is C11H13ClO4. The lowest BCUT2D eigenvalue weighted by atomic mass is 9.97. The molecule has 0 bridgehead atoms. The Balaban J connectivity index is 3.05. The number of phenolic OH excluding ortho intramolecular Hbond substituents is 1. The number of halogens is 1. The third-order valence-corrected chi connectivity index (χ3v) is 2.69. The summed E-state index contributed by atoms with van der Waals surface area (Å²) in [4.78, 5) is 10.6. The van der Waals surface area contributed by atoms with Crippen molar-refractivity contribution < 1.29 is 19.7 Å². The van der Waals surface area contributed by atoms with Crippen LogP contribution in [0.4, 0.5) is 0 Å². The van der Waals surface area contributed by atoms with Gasteiger partial charge in [-0.15, -0.1) is 0 Å². The molecule has 0 saturated carbocycles. The molecule has 1 unspecified atom stereocenters. The van der Waals surface area contributed by atoms with Gasteiger partial charge in [0.05, 0.1) is 13.5 Å². The molecule has 0 fully saturated rings. The van der Waals surface area contributed by atoms with E-state index in [1.807, 2.05) is 0 Å². The number of aliphatic carboxylic acids is 1. The molecule has 0 aliphatic rings. The van der Waals surface area contributed by atoms with Crippen molar-refractivity contribution in [1.29, 1.82) is 0 Å². The van der Waals surface area contributed by atoms with Gasteiger partial charge in [-0.2, -0.15) is 0 Å². The van der Waals surface area contributed by atoms with Gasteiger partial charge in [0.25, 0.3) is 0 Å². The number of phenols is 1. The Kier molecular flexibility index (Phi) is 4.01.